The Balaban J connectivity index is 3.32. The summed E-state index contributed by atoms with van der Waals surface area (Å²) in [4.78, 5) is 9.77. The smallest absolute Gasteiger partial charge is 0.277 e. The summed E-state index contributed by atoms with van der Waals surface area (Å²) in [5.74, 6) is -1.17. The van der Waals surface area contributed by atoms with Gasteiger partial charge in [-0.1, -0.05) is 0 Å². The Morgan fingerprint density at radius 2 is 1.71 bits per heavy atom. The summed E-state index contributed by atoms with van der Waals surface area (Å²) in [6.07, 6.45) is 0. The molecule has 0 aliphatic carbocycles. The van der Waals surface area contributed by atoms with Crippen molar-refractivity contribution in [2.45, 2.75) is 0 Å². The molecule has 5 nitrogen and oxygen atoms in total. The van der Waals surface area contributed by atoms with Crippen LogP contribution in [0.2, 0.25) is 0 Å². The second kappa shape index (κ2) is 3.91. The van der Waals surface area contributed by atoms with Crippen molar-refractivity contribution < 1.29 is 18.8 Å². The molecule has 0 unspecified atom stereocenters. The van der Waals surface area contributed by atoms with Crippen LogP contribution in [-0.4, -0.2) is 19.1 Å². The van der Waals surface area contributed by atoms with Crippen molar-refractivity contribution in [1.29, 1.82) is 0 Å². The van der Waals surface area contributed by atoms with E-state index in [2.05, 4.69) is 9.47 Å². The molecule has 6 heteroatoms. The minimum absolute atomic E-state index is 0.212. The first-order valence-corrected chi connectivity index (χ1v) is 3.66. The first kappa shape index (κ1) is 10.2. The maximum Gasteiger partial charge on any atom is 0.277 e. The molecule has 0 saturated heterocycles. The van der Waals surface area contributed by atoms with E-state index >= 15 is 0 Å². The molecule has 0 aromatic heterocycles. The topological polar surface area (TPSA) is 61.6 Å². The predicted octanol–water partition coefficient (Wildman–Crippen LogP) is 1.75. The molecule has 0 fully saturated rings. The van der Waals surface area contributed by atoms with Crippen LogP contribution in [-0.2, 0) is 0 Å². The Morgan fingerprint density at radius 3 is 2.00 bits per heavy atom. The van der Waals surface area contributed by atoms with Gasteiger partial charge >= 0.3 is 0 Å². The summed E-state index contributed by atoms with van der Waals surface area (Å²) in [6.45, 7) is 0. The largest absolute Gasteiger partial charge is 0.493 e. The molecule has 0 N–H and O–H groups in total. The molecule has 0 heterocycles. The van der Waals surface area contributed by atoms with Crippen molar-refractivity contribution >= 4 is 5.69 Å². The number of ether oxygens (including phenoxy) is 2. The van der Waals surface area contributed by atoms with Gasteiger partial charge in [-0.15, -0.1) is 0 Å². The molecule has 1 rings (SSSR count). The van der Waals surface area contributed by atoms with Gasteiger partial charge in [-0.25, -0.2) is 0 Å². The van der Waals surface area contributed by atoms with Crippen molar-refractivity contribution in [3.63, 3.8) is 0 Å². The maximum atomic E-state index is 13.2. The van der Waals surface area contributed by atoms with Gasteiger partial charge in [0.1, 0.15) is 0 Å². The number of hydrogen-bond acceptors (Lipinski definition) is 4. The fourth-order valence-corrected chi connectivity index (χ4v) is 0.961. The van der Waals surface area contributed by atoms with Gasteiger partial charge in [0.15, 0.2) is 11.5 Å². The lowest BCUT2D eigenvalue weighted by molar-refractivity contribution is -0.385. The van der Waals surface area contributed by atoms with Crippen LogP contribution in [0.4, 0.5) is 10.1 Å². The summed E-state index contributed by atoms with van der Waals surface area (Å²) < 4.78 is 22.5. The Labute approximate surface area is 79.2 Å². The van der Waals surface area contributed by atoms with Crippen LogP contribution in [0.3, 0.4) is 0 Å². The van der Waals surface area contributed by atoms with E-state index < -0.39 is 10.7 Å². The Kier molecular flexibility index (Phi) is 2.85. The van der Waals surface area contributed by atoms with E-state index in [0.29, 0.717) is 0 Å². The minimum atomic E-state index is -0.749. The Morgan fingerprint density at radius 1 is 1.29 bits per heavy atom. The summed E-state index contributed by atoms with van der Waals surface area (Å²) >= 11 is 0. The monoisotopic (exact) mass is 201 g/mol. The summed E-state index contributed by atoms with van der Waals surface area (Å²) in [6, 6.07) is 2.00. The molecule has 0 aliphatic heterocycles. The molecular formula is C8H8FNO4. The Hall–Kier alpha value is -1.85. The SMILES string of the molecule is COc1cc([N+](=O)[O-])cc(OC)c1F. The van der Waals surface area contributed by atoms with Crippen LogP contribution in [0.25, 0.3) is 0 Å². The zero-order valence-corrected chi connectivity index (χ0v) is 7.61. The zero-order chi connectivity index (χ0) is 10.7. The minimum Gasteiger partial charge on any atom is -0.493 e. The van der Waals surface area contributed by atoms with Gasteiger partial charge in [-0.05, 0) is 0 Å². The van der Waals surface area contributed by atoms with Crippen molar-refractivity contribution in [3.05, 3.63) is 28.1 Å². The zero-order valence-electron chi connectivity index (χ0n) is 7.61. The van der Waals surface area contributed by atoms with Crippen molar-refractivity contribution in [3.8, 4) is 11.5 Å². The van der Waals surface area contributed by atoms with E-state index in [4.69, 9.17) is 0 Å². The number of non-ortho nitro benzene ring substituents is 1. The van der Waals surface area contributed by atoms with E-state index in [1.807, 2.05) is 0 Å². The number of hydrogen-bond donors (Lipinski definition) is 0. The first-order valence-electron chi connectivity index (χ1n) is 3.66. The highest BCUT2D eigenvalue weighted by atomic mass is 19.1. The summed E-state index contributed by atoms with van der Waals surface area (Å²) in [5.41, 5.74) is -0.278. The first-order chi connectivity index (χ1) is 6.60. The maximum absolute atomic E-state index is 13.2. The molecule has 0 saturated carbocycles. The van der Waals surface area contributed by atoms with Gasteiger partial charge < -0.3 is 9.47 Å². The van der Waals surface area contributed by atoms with Crippen LogP contribution in [0.15, 0.2) is 12.1 Å². The molecule has 0 spiro atoms. The second-order valence-corrected chi connectivity index (χ2v) is 2.42. The third kappa shape index (κ3) is 1.73. The molecule has 0 aliphatic rings. The highest BCUT2D eigenvalue weighted by molar-refractivity contribution is 5.47. The predicted molar refractivity (Wildman–Crippen MR) is 46.2 cm³/mol. The number of nitrogens with zero attached hydrogens (tertiary/aromatic N) is 1. The number of nitro benzene ring substituents is 1. The van der Waals surface area contributed by atoms with Crippen LogP contribution >= 0.6 is 0 Å². The van der Waals surface area contributed by atoms with Crippen molar-refractivity contribution in [1.82, 2.24) is 0 Å². The number of benzene rings is 1. The fraction of sp³-hybridized carbons (Fsp3) is 0.250. The highest BCUT2D eigenvalue weighted by Crippen LogP contribution is 2.31. The summed E-state index contributed by atoms with van der Waals surface area (Å²) in [7, 11) is 2.45. The van der Waals surface area contributed by atoms with Gasteiger partial charge in [0.2, 0.25) is 5.82 Å². The third-order valence-electron chi connectivity index (χ3n) is 1.64. The normalized spacial score (nSPS) is 9.64. The van der Waals surface area contributed by atoms with Gasteiger partial charge in [-0.3, -0.25) is 10.1 Å². The van der Waals surface area contributed by atoms with Gasteiger partial charge in [0.25, 0.3) is 5.69 Å². The molecule has 0 bridgehead atoms. The van der Waals surface area contributed by atoms with Gasteiger partial charge in [-0.2, -0.15) is 4.39 Å². The van der Waals surface area contributed by atoms with E-state index in [-0.39, 0.29) is 17.2 Å². The van der Waals surface area contributed by atoms with Gasteiger partial charge in [0.05, 0.1) is 31.3 Å². The van der Waals surface area contributed by atoms with Crippen molar-refractivity contribution in [2.75, 3.05) is 14.2 Å². The summed E-state index contributed by atoms with van der Waals surface area (Å²) in [5, 5.41) is 10.4. The standard InChI is InChI=1S/C8H8FNO4/c1-13-6-3-5(10(11)12)4-7(14-2)8(6)9/h3-4H,1-2H3. The highest BCUT2D eigenvalue weighted by Gasteiger charge is 2.17. The number of methoxy groups -OCH3 is 2. The Bertz CT molecular complexity index is 341. The number of nitro groups is 1. The fourth-order valence-electron chi connectivity index (χ4n) is 0.961. The molecular weight excluding hydrogens is 193 g/mol. The van der Waals surface area contributed by atoms with Crippen LogP contribution in [0.1, 0.15) is 0 Å². The molecule has 0 atom stereocenters. The van der Waals surface area contributed by atoms with E-state index in [1.165, 1.54) is 14.2 Å². The molecule has 1 aromatic rings. The number of halogens is 1. The average molecular weight is 201 g/mol. The van der Waals surface area contributed by atoms with E-state index in [1.54, 1.807) is 0 Å². The molecule has 76 valence electrons. The number of rotatable bonds is 3. The van der Waals surface area contributed by atoms with Gasteiger partial charge in [0, 0.05) is 0 Å². The molecule has 0 amide bonds. The third-order valence-corrected chi connectivity index (χ3v) is 1.64. The van der Waals surface area contributed by atoms with Crippen LogP contribution in [0.5, 0.6) is 11.5 Å². The lowest BCUT2D eigenvalue weighted by atomic mass is 10.2. The second-order valence-electron chi connectivity index (χ2n) is 2.42. The van der Waals surface area contributed by atoms with E-state index in [0.717, 1.165) is 12.1 Å². The lowest BCUT2D eigenvalue weighted by Crippen LogP contribution is -1.96. The molecule has 14 heavy (non-hydrogen) atoms. The molecule has 0 radical (unpaired) electrons. The van der Waals surface area contributed by atoms with E-state index in [9.17, 15) is 14.5 Å². The lowest BCUT2D eigenvalue weighted by Gasteiger charge is -2.05. The van der Waals surface area contributed by atoms with Crippen molar-refractivity contribution in [2.24, 2.45) is 0 Å². The van der Waals surface area contributed by atoms with Crippen LogP contribution < -0.4 is 9.47 Å². The molecule has 1 aromatic carbocycles. The van der Waals surface area contributed by atoms with Crippen LogP contribution in [0, 0.1) is 15.9 Å². The average Bonchev–Trinajstić information content (AvgIpc) is 2.17. The quantitative estimate of drug-likeness (QED) is 0.552.